The number of hydrogen-bond donors (Lipinski definition) is 2. The number of rotatable bonds is 2. The standard InChI is InChI=1S/C14H20N2O2/c17-13-10-6-9-12(16-13)14(18)15-11-7-4-2-1-3-5-8-11/h6,9-11H,1-5,7-8H2,(H,15,18)(H,16,17). The summed E-state index contributed by atoms with van der Waals surface area (Å²) in [6.07, 6.45) is 8.27. The fraction of sp³-hybridized carbons (Fsp3) is 0.571. The van der Waals surface area contributed by atoms with E-state index in [1.54, 1.807) is 12.1 Å². The molecule has 18 heavy (non-hydrogen) atoms. The molecule has 4 nitrogen and oxygen atoms in total. The highest BCUT2D eigenvalue weighted by molar-refractivity contribution is 5.92. The average molecular weight is 248 g/mol. The van der Waals surface area contributed by atoms with Crippen LogP contribution in [-0.4, -0.2) is 16.9 Å². The fourth-order valence-corrected chi connectivity index (χ4v) is 2.44. The summed E-state index contributed by atoms with van der Waals surface area (Å²) in [4.78, 5) is 25.7. The second-order valence-electron chi connectivity index (χ2n) is 4.94. The Morgan fingerprint density at radius 3 is 2.44 bits per heavy atom. The van der Waals surface area contributed by atoms with E-state index in [-0.39, 0.29) is 17.5 Å². The quantitative estimate of drug-likeness (QED) is 0.843. The molecule has 0 radical (unpaired) electrons. The van der Waals surface area contributed by atoms with Crippen LogP contribution >= 0.6 is 0 Å². The Labute approximate surface area is 107 Å². The predicted octanol–water partition coefficient (Wildman–Crippen LogP) is 2.22. The van der Waals surface area contributed by atoms with Crippen molar-refractivity contribution in [1.82, 2.24) is 10.3 Å². The Bertz CT molecular complexity index is 445. The third-order valence-corrected chi connectivity index (χ3v) is 3.45. The SMILES string of the molecule is O=C(NC1CCCCCCC1)c1cccc(=O)[nH]1. The molecule has 0 atom stereocenters. The molecule has 0 aliphatic heterocycles. The van der Waals surface area contributed by atoms with Crippen molar-refractivity contribution in [2.75, 3.05) is 0 Å². The van der Waals surface area contributed by atoms with E-state index < -0.39 is 0 Å². The van der Waals surface area contributed by atoms with Gasteiger partial charge in [0.25, 0.3) is 5.91 Å². The maximum atomic E-state index is 12.0. The zero-order valence-corrected chi connectivity index (χ0v) is 10.6. The van der Waals surface area contributed by atoms with Crippen LogP contribution < -0.4 is 10.9 Å². The van der Waals surface area contributed by atoms with Crippen LogP contribution in [-0.2, 0) is 0 Å². The van der Waals surface area contributed by atoms with Crippen molar-refractivity contribution >= 4 is 5.91 Å². The minimum Gasteiger partial charge on any atom is -0.348 e. The van der Waals surface area contributed by atoms with Gasteiger partial charge in [-0.2, -0.15) is 0 Å². The molecule has 0 unspecified atom stereocenters. The number of H-pyrrole nitrogens is 1. The molecular weight excluding hydrogens is 228 g/mol. The van der Waals surface area contributed by atoms with Gasteiger partial charge in [-0.05, 0) is 18.9 Å². The van der Waals surface area contributed by atoms with Gasteiger partial charge in [-0.15, -0.1) is 0 Å². The molecule has 98 valence electrons. The highest BCUT2D eigenvalue weighted by atomic mass is 16.2. The smallest absolute Gasteiger partial charge is 0.268 e. The highest BCUT2D eigenvalue weighted by Crippen LogP contribution is 2.17. The van der Waals surface area contributed by atoms with Crippen molar-refractivity contribution in [3.63, 3.8) is 0 Å². The summed E-state index contributed by atoms with van der Waals surface area (Å²) in [6, 6.07) is 4.90. The first-order valence-electron chi connectivity index (χ1n) is 6.76. The second-order valence-corrected chi connectivity index (χ2v) is 4.94. The first kappa shape index (κ1) is 12.9. The second kappa shape index (κ2) is 6.38. The topological polar surface area (TPSA) is 62.0 Å². The normalized spacial score (nSPS) is 17.8. The summed E-state index contributed by atoms with van der Waals surface area (Å²) in [5, 5.41) is 3.02. The molecule has 1 aliphatic carbocycles. The van der Waals surface area contributed by atoms with Crippen LogP contribution in [0, 0.1) is 0 Å². The molecule has 1 heterocycles. The van der Waals surface area contributed by atoms with Gasteiger partial charge >= 0.3 is 0 Å². The van der Waals surface area contributed by atoms with Crippen LogP contribution in [0.15, 0.2) is 23.0 Å². The number of carbonyl (C=O) groups excluding carboxylic acids is 1. The fourth-order valence-electron chi connectivity index (χ4n) is 2.44. The van der Waals surface area contributed by atoms with Crippen LogP contribution in [0.4, 0.5) is 0 Å². The van der Waals surface area contributed by atoms with E-state index >= 15 is 0 Å². The molecule has 1 amide bonds. The van der Waals surface area contributed by atoms with Gasteiger partial charge < -0.3 is 10.3 Å². The van der Waals surface area contributed by atoms with Gasteiger partial charge in [-0.1, -0.05) is 38.2 Å². The molecule has 0 bridgehead atoms. The third kappa shape index (κ3) is 3.72. The maximum absolute atomic E-state index is 12.0. The monoisotopic (exact) mass is 248 g/mol. The number of aromatic amines is 1. The maximum Gasteiger partial charge on any atom is 0.268 e. The van der Waals surface area contributed by atoms with Crippen LogP contribution in [0.1, 0.15) is 55.4 Å². The summed E-state index contributed by atoms with van der Waals surface area (Å²) in [5.74, 6) is -0.168. The Kier molecular flexibility index (Phi) is 4.56. The Morgan fingerprint density at radius 1 is 1.11 bits per heavy atom. The molecule has 1 aliphatic rings. The molecule has 1 aromatic heterocycles. The summed E-state index contributed by atoms with van der Waals surface area (Å²) >= 11 is 0. The number of aromatic nitrogens is 1. The molecule has 1 fully saturated rings. The number of pyridine rings is 1. The summed E-state index contributed by atoms with van der Waals surface area (Å²) < 4.78 is 0. The number of nitrogens with one attached hydrogen (secondary N) is 2. The lowest BCUT2D eigenvalue weighted by Crippen LogP contribution is -2.36. The lowest BCUT2D eigenvalue weighted by atomic mass is 9.96. The van der Waals surface area contributed by atoms with E-state index in [0.29, 0.717) is 5.69 Å². The predicted molar refractivity (Wildman–Crippen MR) is 70.6 cm³/mol. The molecule has 0 aromatic carbocycles. The largest absolute Gasteiger partial charge is 0.348 e. The molecule has 1 saturated carbocycles. The molecule has 4 heteroatoms. The number of amides is 1. The zero-order chi connectivity index (χ0) is 12.8. The molecule has 1 aromatic rings. The molecule has 2 rings (SSSR count). The van der Waals surface area contributed by atoms with Crippen LogP contribution in [0.5, 0.6) is 0 Å². The molecule has 0 spiro atoms. The van der Waals surface area contributed by atoms with Gasteiger partial charge in [-0.25, -0.2) is 0 Å². The molecule has 0 saturated heterocycles. The Morgan fingerprint density at radius 2 is 1.78 bits per heavy atom. The van der Waals surface area contributed by atoms with E-state index in [4.69, 9.17) is 0 Å². The van der Waals surface area contributed by atoms with Gasteiger partial charge in [0.1, 0.15) is 5.69 Å². The number of hydrogen-bond acceptors (Lipinski definition) is 2. The van der Waals surface area contributed by atoms with Gasteiger partial charge in [-0.3, -0.25) is 9.59 Å². The van der Waals surface area contributed by atoms with E-state index in [1.165, 1.54) is 38.2 Å². The van der Waals surface area contributed by atoms with Crippen LogP contribution in [0.2, 0.25) is 0 Å². The van der Waals surface area contributed by atoms with Crippen molar-refractivity contribution in [2.45, 2.75) is 51.0 Å². The van der Waals surface area contributed by atoms with Crippen LogP contribution in [0.3, 0.4) is 0 Å². The van der Waals surface area contributed by atoms with Crippen molar-refractivity contribution in [2.24, 2.45) is 0 Å². The minimum atomic E-state index is -0.236. The van der Waals surface area contributed by atoms with Crippen LogP contribution in [0.25, 0.3) is 0 Å². The minimum absolute atomic E-state index is 0.168. The Hall–Kier alpha value is -1.58. The average Bonchev–Trinajstić information content (AvgIpc) is 2.32. The van der Waals surface area contributed by atoms with E-state index in [0.717, 1.165) is 12.8 Å². The Balaban J connectivity index is 1.95. The highest BCUT2D eigenvalue weighted by Gasteiger charge is 2.15. The molecular formula is C14H20N2O2. The van der Waals surface area contributed by atoms with E-state index in [1.807, 2.05) is 0 Å². The van der Waals surface area contributed by atoms with Crippen molar-refractivity contribution in [3.05, 3.63) is 34.2 Å². The lowest BCUT2D eigenvalue weighted by Gasteiger charge is -2.20. The first-order valence-corrected chi connectivity index (χ1v) is 6.76. The van der Waals surface area contributed by atoms with E-state index in [9.17, 15) is 9.59 Å². The zero-order valence-electron chi connectivity index (χ0n) is 10.6. The first-order chi connectivity index (χ1) is 8.75. The van der Waals surface area contributed by atoms with E-state index in [2.05, 4.69) is 10.3 Å². The van der Waals surface area contributed by atoms with Crippen molar-refractivity contribution < 1.29 is 4.79 Å². The van der Waals surface area contributed by atoms with Gasteiger partial charge in [0, 0.05) is 12.1 Å². The van der Waals surface area contributed by atoms with Gasteiger partial charge in [0.05, 0.1) is 0 Å². The lowest BCUT2D eigenvalue weighted by molar-refractivity contribution is 0.0925. The summed E-state index contributed by atoms with van der Waals surface area (Å²) in [5.41, 5.74) is 0.116. The van der Waals surface area contributed by atoms with Crippen molar-refractivity contribution in [3.8, 4) is 0 Å². The summed E-state index contributed by atoms with van der Waals surface area (Å²) in [7, 11) is 0. The van der Waals surface area contributed by atoms with Gasteiger partial charge in [0.15, 0.2) is 0 Å². The summed E-state index contributed by atoms with van der Waals surface area (Å²) in [6.45, 7) is 0. The van der Waals surface area contributed by atoms with Crippen molar-refractivity contribution in [1.29, 1.82) is 0 Å². The third-order valence-electron chi connectivity index (χ3n) is 3.45. The molecule has 2 N–H and O–H groups in total. The van der Waals surface area contributed by atoms with Gasteiger partial charge in [0.2, 0.25) is 5.56 Å². The number of carbonyl (C=O) groups is 1.